The number of aromatic nitrogens is 1. The van der Waals surface area contributed by atoms with Crippen LogP contribution in [0.4, 0.5) is 0 Å². The number of carboxylic acid groups (broad SMARTS) is 1. The molecule has 0 saturated carbocycles. The van der Waals surface area contributed by atoms with E-state index in [1.165, 1.54) is 0 Å². The summed E-state index contributed by atoms with van der Waals surface area (Å²) in [6.07, 6.45) is 2.02. The van der Waals surface area contributed by atoms with E-state index in [9.17, 15) is 4.79 Å². The summed E-state index contributed by atoms with van der Waals surface area (Å²) in [5.74, 6) is -0.254. The van der Waals surface area contributed by atoms with Crippen molar-refractivity contribution < 1.29 is 14.6 Å². The fraction of sp³-hybridized carbons (Fsp3) is 0.333. The Morgan fingerprint density at radius 2 is 2.29 bits per heavy atom. The third-order valence-corrected chi connectivity index (χ3v) is 4.26. The standard InChI is InChI=1S/C15H15BrN2O3/c1-18-8-11(7-13(18)15(19)20)21-14-12-6-10(16)3-2-9(12)4-5-17-14/h2-6,11,13H,7-8H2,1H3,(H,19,20). The average molecular weight is 351 g/mol. The molecule has 1 aromatic heterocycles. The number of halogens is 1. The number of hydrogen-bond donors (Lipinski definition) is 1. The fourth-order valence-corrected chi connectivity index (χ4v) is 3.05. The molecule has 5 nitrogen and oxygen atoms in total. The van der Waals surface area contributed by atoms with Gasteiger partial charge in [-0.15, -0.1) is 0 Å². The molecular formula is C15H15BrN2O3. The van der Waals surface area contributed by atoms with Gasteiger partial charge in [0.1, 0.15) is 12.1 Å². The molecule has 2 heterocycles. The fourth-order valence-electron chi connectivity index (χ4n) is 2.69. The molecule has 2 unspecified atom stereocenters. The van der Waals surface area contributed by atoms with Crippen molar-refractivity contribution in [2.24, 2.45) is 0 Å². The molecular weight excluding hydrogens is 336 g/mol. The van der Waals surface area contributed by atoms with Crippen LogP contribution in [0.5, 0.6) is 5.88 Å². The number of rotatable bonds is 3. The Labute approximate surface area is 130 Å². The van der Waals surface area contributed by atoms with Crippen LogP contribution in [0, 0.1) is 0 Å². The molecule has 0 bridgehead atoms. The summed E-state index contributed by atoms with van der Waals surface area (Å²) in [6, 6.07) is 7.36. The molecule has 1 fully saturated rings. The minimum Gasteiger partial charge on any atom is -0.480 e. The van der Waals surface area contributed by atoms with Crippen LogP contribution in [0.1, 0.15) is 6.42 Å². The predicted octanol–water partition coefficient (Wildman–Crippen LogP) is 2.53. The van der Waals surface area contributed by atoms with Gasteiger partial charge in [0, 0.05) is 29.0 Å². The lowest BCUT2D eigenvalue weighted by atomic mass is 10.1. The van der Waals surface area contributed by atoms with Gasteiger partial charge in [-0.25, -0.2) is 4.98 Å². The van der Waals surface area contributed by atoms with Gasteiger partial charge in [-0.2, -0.15) is 0 Å². The van der Waals surface area contributed by atoms with Crippen LogP contribution in [0.3, 0.4) is 0 Å². The van der Waals surface area contributed by atoms with Gasteiger partial charge in [-0.3, -0.25) is 9.69 Å². The van der Waals surface area contributed by atoms with Crippen molar-refractivity contribution >= 4 is 32.7 Å². The van der Waals surface area contributed by atoms with Crippen molar-refractivity contribution in [1.29, 1.82) is 0 Å². The number of likely N-dealkylation sites (N-methyl/N-ethyl adjacent to an activating group) is 1. The van der Waals surface area contributed by atoms with Gasteiger partial charge >= 0.3 is 5.97 Å². The molecule has 3 rings (SSSR count). The van der Waals surface area contributed by atoms with Crippen molar-refractivity contribution in [3.8, 4) is 5.88 Å². The Balaban J connectivity index is 1.86. The van der Waals surface area contributed by atoms with Crippen molar-refractivity contribution in [3.05, 3.63) is 34.9 Å². The van der Waals surface area contributed by atoms with Gasteiger partial charge in [0.15, 0.2) is 0 Å². The van der Waals surface area contributed by atoms with E-state index < -0.39 is 12.0 Å². The number of fused-ring (bicyclic) bond motifs is 1. The van der Waals surface area contributed by atoms with Crippen molar-refractivity contribution in [3.63, 3.8) is 0 Å². The van der Waals surface area contributed by atoms with Gasteiger partial charge in [0.25, 0.3) is 0 Å². The van der Waals surface area contributed by atoms with Gasteiger partial charge in [0.2, 0.25) is 5.88 Å². The normalized spacial score (nSPS) is 22.6. The van der Waals surface area contributed by atoms with E-state index in [-0.39, 0.29) is 6.10 Å². The molecule has 110 valence electrons. The van der Waals surface area contributed by atoms with Crippen LogP contribution < -0.4 is 4.74 Å². The number of hydrogen-bond acceptors (Lipinski definition) is 4. The Morgan fingerprint density at radius 3 is 3.00 bits per heavy atom. The second-order valence-corrected chi connectivity index (χ2v) is 6.17. The highest BCUT2D eigenvalue weighted by Gasteiger charge is 2.36. The highest BCUT2D eigenvalue weighted by Crippen LogP contribution is 2.29. The highest BCUT2D eigenvalue weighted by atomic mass is 79.9. The number of benzene rings is 1. The summed E-state index contributed by atoms with van der Waals surface area (Å²) in [7, 11) is 1.80. The Bertz CT molecular complexity index is 692. The summed E-state index contributed by atoms with van der Waals surface area (Å²) in [6.45, 7) is 0.586. The maximum Gasteiger partial charge on any atom is 0.321 e. The number of carbonyl (C=O) groups is 1. The van der Waals surface area contributed by atoms with Crippen LogP contribution >= 0.6 is 15.9 Å². The van der Waals surface area contributed by atoms with Crippen LogP contribution in [-0.2, 0) is 4.79 Å². The first-order chi connectivity index (χ1) is 10.0. The van der Waals surface area contributed by atoms with E-state index in [1.54, 1.807) is 18.1 Å². The van der Waals surface area contributed by atoms with Gasteiger partial charge < -0.3 is 9.84 Å². The molecule has 1 aromatic carbocycles. The lowest BCUT2D eigenvalue weighted by molar-refractivity contribution is -0.141. The smallest absolute Gasteiger partial charge is 0.321 e. The van der Waals surface area contributed by atoms with Gasteiger partial charge in [-0.05, 0) is 30.6 Å². The minimum absolute atomic E-state index is 0.159. The first-order valence-electron chi connectivity index (χ1n) is 6.68. The maximum atomic E-state index is 11.1. The monoisotopic (exact) mass is 350 g/mol. The first kappa shape index (κ1) is 14.3. The molecule has 21 heavy (non-hydrogen) atoms. The number of carboxylic acids is 1. The van der Waals surface area contributed by atoms with Crippen molar-refractivity contribution in [2.45, 2.75) is 18.6 Å². The molecule has 6 heteroatoms. The van der Waals surface area contributed by atoms with Crippen LogP contribution in [0.2, 0.25) is 0 Å². The maximum absolute atomic E-state index is 11.1. The van der Waals surface area contributed by atoms with E-state index in [2.05, 4.69) is 20.9 Å². The van der Waals surface area contributed by atoms with E-state index in [0.717, 1.165) is 15.2 Å². The zero-order chi connectivity index (χ0) is 15.0. The van der Waals surface area contributed by atoms with Gasteiger partial charge in [0.05, 0.1) is 0 Å². The second kappa shape index (κ2) is 5.61. The lowest BCUT2D eigenvalue weighted by Gasteiger charge is -2.14. The number of likely N-dealkylation sites (tertiary alicyclic amines) is 1. The predicted molar refractivity (Wildman–Crippen MR) is 82.5 cm³/mol. The molecule has 2 aromatic rings. The van der Waals surface area contributed by atoms with E-state index >= 15 is 0 Å². The van der Waals surface area contributed by atoms with Crippen LogP contribution in [0.15, 0.2) is 34.9 Å². The minimum atomic E-state index is -0.808. The molecule has 1 aliphatic heterocycles. The molecule has 2 atom stereocenters. The Hall–Kier alpha value is -1.66. The summed E-state index contributed by atoms with van der Waals surface area (Å²) < 4.78 is 6.92. The van der Waals surface area contributed by atoms with E-state index in [4.69, 9.17) is 9.84 Å². The molecule has 1 saturated heterocycles. The Morgan fingerprint density at radius 1 is 1.48 bits per heavy atom. The summed E-state index contributed by atoms with van der Waals surface area (Å²) in [5, 5.41) is 11.1. The van der Waals surface area contributed by atoms with Crippen LogP contribution in [-0.4, -0.2) is 46.7 Å². The quantitative estimate of drug-likeness (QED) is 0.921. The SMILES string of the molecule is CN1CC(Oc2nccc3ccc(Br)cc23)CC1C(=O)O. The molecule has 0 radical (unpaired) electrons. The van der Waals surface area contributed by atoms with Crippen LogP contribution in [0.25, 0.3) is 10.8 Å². The topological polar surface area (TPSA) is 62.7 Å². The number of ether oxygens (including phenoxy) is 1. The Kier molecular flexibility index (Phi) is 3.82. The molecule has 1 aliphatic rings. The number of nitrogens with zero attached hydrogens (tertiary/aromatic N) is 2. The average Bonchev–Trinajstić information content (AvgIpc) is 2.80. The van der Waals surface area contributed by atoms with Crippen molar-refractivity contribution in [1.82, 2.24) is 9.88 Å². The summed E-state index contributed by atoms with van der Waals surface area (Å²) in [5.41, 5.74) is 0. The van der Waals surface area contributed by atoms with Crippen molar-refractivity contribution in [2.75, 3.05) is 13.6 Å². The summed E-state index contributed by atoms with van der Waals surface area (Å²) in [4.78, 5) is 17.2. The zero-order valence-corrected chi connectivity index (χ0v) is 13.1. The highest BCUT2D eigenvalue weighted by molar-refractivity contribution is 9.10. The van der Waals surface area contributed by atoms with E-state index in [0.29, 0.717) is 18.8 Å². The third-order valence-electron chi connectivity index (χ3n) is 3.76. The largest absolute Gasteiger partial charge is 0.480 e. The molecule has 0 aliphatic carbocycles. The second-order valence-electron chi connectivity index (χ2n) is 5.25. The number of pyridine rings is 1. The third kappa shape index (κ3) is 2.87. The van der Waals surface area contributed by atoms with Gasteiger partial charge in [-0.1, -0.05) is 22.0 Å². The molecule has 0 amide bonds. The van der Waals surface area contributed by atoms with E-state index in [1.807, 2.05) is 24.3 Å². The first-order valence-corrected chi connectivity index (χ1v) is 7.48. The zero-order valence-electron chi connectivity index (χ0n) is 11.5. The number of aliphatic carboxylic acids is 1. The molecule has 1 N–H and O–H groups in total. The lowest BCUT2D eigenvalue weighted by Crippen LogP contribution is -2.32. The summed E-state index contributed by atoms with van der Waals surface area (Å²) >= 11 is 3.45. The molecule has 0 spiro atoms.